The summed E-state index contributed by atoms with van der Waals surface area (Å²) in [5, 5.41) is 6.39. The van der Waals surface area contributed by atoms with E-state index in [4.69, 9.17) is 5.73 Å². The average molecular weight is 210 g/mol. The number of thiocarbonyl (C=S) groups is 1. The summed E-state index contributed by atoms with van der Waals surface area (Å²) in [6.45, 7) is 0. The number of aromatic nitrogens is 3. The Labute approximate surface area is 76.5 Å². The zero-order chi connectivity index (χ0) is 10.2. The molecule has 0 aliphatic carbocycles. The molecule has 0 amide bonds. The van der Waals surface area contributed by atoms with Crippen molar-refractivity contribution in [3.05, 3.63) is 11.4 Å². The van der Waals surface area contributed by atoms with Crippen LogP contribution >= 0.6 is 12.2 Å². The van der Waals surface area contributed by atoms with Crippen molar-refractivity contribution in [2.45, 2.75) is 6.18 Å². The molecule has 8 heteroatoms. The molecule has 1 rings (SSSR count). The van der Waals surface area contributed by atoms with E-state index in [9.17, 15) is 13.2 Å². The van der Waals surface area contributed by atoms with E-state index in [0.29, 0.717) is 4.68 Å². The molecule has 0 atom stereocenters. The molecule has 0 unspecified atom stereocenters. The molecule has 1 heterocycles. The van der Waals surface area contributed by atoms with Crippen molar-refractivity contribution in [1.82, 2.24) is 15.0 Å². The first kappa shape index (κ1) is 9.90. The van der Waals surface area contributed by atoms with Crippen LogP contribution in [0.5, 0.6) is 0 Å². The first-order valence-corrected chi connectivity index (χ1v) is 3.51. The third kappa shape index (κ3) is 1.77. The van der Waals surface area contributed by atoms with Gasteiger partial charge in [-0.05, 0) is 0 Å². The molecule has 4 nitrogen and oxygen atoms in total. The molecule has 0 aliphatic rings. The second-order valence-corrected chi connectivity index (χ2v) is 2.71. The van der Waals surface area contributed by atoms with E-state index in [1.807, 2.05) is 0 Å². The summed E-state index contributed by atoms with van der Waals surface area (Å²) in [6, 6.07) is 0. The summed E-state index contributed by atoms with van der Waals surface area (Å²) in [7, 11) is 1.12. The average Bonchev–Trinajstić information content (AvgIpc) is 2.28. The highest BCUT2D eigenvalue weighted by atomic mass is 32.1. The highest BCUT2D eigenvalue weighted by Crippen LogP contribution is 2.30. The lowest BCUT2D eigenvalue weighted by atomic mass is 10.3. The Hall–Kier alpha value is -1.18. The topological polar surface area (TPSA) is 56.7 Å². The van der Waals surface area contributed by atoms with Crippen LogP contribution in [0.15, 0.2) is 0 Å². The van der Waals surface area contributed by atoms with Gasteiger partial charge in [-0.1, -0.05) is 17.4 Å². The van der Waals surface area contributed by atoms with Gasteiger partial charge >= 0.3 is 6.18 Å². The number of rotatable bonds is 1. The lowest BCUT2D eigenvalue weighted by molar-refractivity contribution is -0.143. The minimum atomic E-state index is -4.54. The fourth-order valence-electron chi connectivity index (χ4n) is 0.841. The van der Waals surface area contributed by atoms with Gasteiger partial charge in [-0.15, -0.1) is 5.10 Å². The van der Waals surface area contributed by atoms with Crippen molar-refractivity contribution in [2.75, 3.05) is 0 Å². The molecule has 1 aromatic rings. The minimum Gasteiger partial charge on any atom is -0.388 e. The molecule has 72 valence electrons. The minimum absolute atomic E-state index is 0.416. The third-order valence-corrected chi connectivity index (χ3v) is 1.52. The Morgan fingerprint density at radius 3 is 2.38 bits per heavy atom. The van der Waals surface area contributed by atoms with Gasteiger partial charge in [0.2, 0.25) is 0 Å². The Balaban J connectivity index is 3.33. The number of hydrogen-bond donors (Lipinski definition) is 1. The van der Waals surface area contributed by atoms with Crippen molar-refractivity contribution in [2.24, 2.45) is 12.8 Å². The molecule has 0 fully saturated rings. The van der Waals surface area contributed by atoms with Gasteiger partial charge in [0.25, 0.3) is 0 Å². The van der Waals surface area contributed by atoms with Crippen LogP contribution in [0.25, 0.3) is 0 Å². The van der Waals surface area contributed by atoms with Gasteiger partial charge in [0.05, 0.1) is 0 Å². The number of aryl methyl sites for hydroxylation is 1. The summed E-state index contributed by atoms with van der Waals surface area (Å²) >= 11 is 4.39. The summed E-state index contributed by atoms with van der Waals surface area (Å²) in [5.41, 5.74) is 3.52. The molecule has 0 spiro atoms. The predicted molar refractivity (Wildman–Crippen MR) is 41.9 cm³/mol. The molecule has 0 aromatic carbocycles. The largest absolute Gasteiger partial charge is 0.435 e. The smallest absolute Gasteiger partial charge is 0.388 e. The zero-order valence-corrected chi connectivity index (χ0v) is 7.28. The Morgan fingerprint density at radius 2 is 2.08 bits per heavy atom. The highest BCUT2D eigenvalue weighted by molar-refractivity contribution is 7.80. The van der Waals surface area contributed by atoms with E-state index in [1.165, 1.54) is 0 Å². The second kappa shape index (κ2) is 2.95. The number of hydrogen-bond acceptors (Lipinski definition) is 3. The standard InChI is InChI=1S/C5H5F3N4S/c1-12-3(5(6,7)8)2(4(9)13)10-11-12/h1H3,(H2,9,13). The molecular weight excluding hydrogens is 205 g/mol. The molecule has 0 saturated carbocycles. The number of alkyl halides is 3. The van der Waals surface area contributed by atoms with Crippen LogP contribution in [0.4, 0.5) is 13.2 Å². The maximum atomic E-state index is 12.3. The summed E-state index contributed by atoms with van der Waals surface area (Å²) in [4.78, 5) is -0.416. The van der Waals surface area contributed by atoms with Gasteiger partial charge in [0, 0.05) is 7.05 Å². The molecule has 13 heavy (non-hydrogen) atoms. The van der Waals surface area contributed by atoms with E-state index in [0.717, 1.165) is 7.05 Å². The van der Waals surface area contributed by atoms with E-state index in [2.05, 4.69) is 22.5 Å². The van der Waals surface area contributed by atoms with Crippen LogP contribution in [0.3, 0.4) is 0 Å². The SMILES string of the molecule is Cn1nnc(C(N)=S)c1C(F)(F)F. The summed E-state index contributed by atoms with van der Waals surface area (Å²) < 4.78 is 37.5. The molecule has 2 N–H and O–H groups in total. The van der Waals surface area contributed by atoms with Crippen molar-refractivity contribution in [3.8, 4) is 0 Å². The monoisotopic (exact) mass is 210 g/mol. The van der Waals surface area contributed by atoms with Gasteiger partial charge in [-0.2, -0.15) is 13.2 Å². The van der Waals surface area contributed by atoms with Crippen LogP contribution in [0, 0.1) is 0 Å². The third-order valence-electron chi connectivity index (χ3n) is 1.33. The molecule has 0 bridgehead atoms. The molecule has 0 saturated heterocycles. The molecular formula is C5H5F3N4S. The Bertz CT molecular complexity index is 342. The van der Waals surface area contributed by atoms with Gasteiger partial charge in [0.1, 0.15) is 4.99 Å². The van der Waals surface area contributed by atoms with Crippen LogP contribution in [-0.4, -0.2) is 20.0 Å². The lowest BCUT2D eigenvalue weighted by Gasteiger charge is -2.06. The van der Waals surface area contributed by atoms with Crippen LogP contribution in [0.1, 0.15) is 11.4 Å². The van der Waals surface area contributed by atoms with Crippen LogP contribution < -0.4 is 5.73 Å². The van der Waals surface area contributed by atoms with Gasteiger partial charge in [-0.25, -0.2) is 4.68 Å². The Kier molecular flexibility index (Phi) is 2.24. The normalized spacial score (nSPS) is 11.7. The fourth-order valence-corrected chi connectivity index (χ4v) is 0.978. The quantitative estimate of drug-likeness (QED) is 0.684. The number of halogens is 3. The van der Waals surface area contributed by atoms with Crippen molar-refractivity contribution >= 4 is 17.2 Å². The predicted octanol–water partition coefficient (Wildman–Crippen LogP) is 0.468. The number of nitrogens with two attached hydrogens (primary N) is 1. The highest BCUT2D eigenvalue weighted by Gasteiger charge is 2.39. The van der Waals surface area contributed by atoms with E-state index in [-0.39, 0.29) is 0 Å². The van der Waals surface area contributed by atoms with E-state index in [1.54, 1.807) is 0 Å². The van der Waals surface area contributed by atoms with E-state index >= 15 is 0 Å². The van der Waals surface area contributed by atoms with Crippen LogP contribution in [-0.2, 0) is 13.2 Å². The first-order valence-electron chi connectivity index (χ1n) is 3.10. The summed E-state index contributed by atoms with van der Waals surface area (Å²) in [6.07, 6.45) is -4.54. The molecule has 0 aliphatic heterocycles. The van der Waals surface area contributed by atoms with Gasteiger partial charge < -0.3 is 5.73 Å². The zero-order valence-electron chi connectivity index (χ0n) is 6.46. The number of nitrogens with zero attached hydrogens (tertiary/aromatic N) is 3. The lowest BCUT2D eigenvalue weighted by Crippen LogP contribution is -2.20. The maximum absolute atomic E-state index is 12.3. The Morgan fingerprint density at radius 1 is 1.54 bits per heavy atom. The molecule has 0 radical (unpaired) electrons. The maximum Gasteiger partial charge on any atom is 0.435 e. The van der Waals surface area contributed by atoms with Gasteiger partial charge in [-0.3, -0.25) is 0 Å². The van der Waals surface area contributed by atoms with Crippen LogP contribution in [0.2, 0.25) is 0 Å². The van der Waals surface area contributed by atoms with Crippen molar-refractivity contribution in [3.63, 3.8) is 0 Å². The first-order chi connectivity index (χ1) is 5.84. The van der Waals surface area contributed by atoms with Gasteiger partial charge in [0.15, 0.2) is 11.4 Å². The summed E-state index contributed by atoms with van der Waals surface area (Å²) in [5.74, 6) is 0. The van der Waals surface area contributed by atoms with E-state index < -0.39 is 22.6 Å². The molecule has 1 aromatic heterocycles. The fraction of sp³-hybridized carbons (Fsp3) is 0.400. The van der Waals surface area contributed by atoms with Crippen molar-refractivity contribution in [1.29, 1.82) is 0 Å². The van der Waals surface area contributed by atoms with Crippen molar-refractivity contribution < 1.29 is 13.2 Å². The second-order valence-electron chi connectivity index (χ2n) is 2.27.